The van der Waals surface area contributed by atoms with Crippen LogP contribution >= 0.6 is 0 Å². The zero-order valence-corrected chi connectivity index (χ0v) is 14.0. The second-order valence-electron chi connectivity index (χ2n) is 5.28. The minimum absolute atomic E-state index is 0.0422. The van der Waals surface area contributed by atoms with Crippen LogP contribution in [0.3, 0.4) is 0 Å². The van der Waals surface area contributed by atoms with E-state index in [1.807, 2.05) is 0 Å². The van der Waals surface area contributed by atoms with Crippen LogP contribution < -0.4 is 15.7 Å². The fraction of sp³-hybridized carbons (Fsp3) is 0.0588. The minimum Gasteiger partial charge on any atom is -0.480 e. The maximum absolute atomic E-state index is 12.5. The van der Waals surface area contributed by atoms with Crippen LogP contribution in [0.25, 0.3) is 5.65 Å². The number of aromatic nitrogens is 2. The first-order chi connectivity index (χ1) is 13.0. The van der Waals surface area contributed by atoms with Gasteiger partial charge >= 0.3 is 0 Å². The Morgan fingerprint density at radius 3 is 2.89 bits per heavy atom. The van der Waals surface area contributed by atoms with Gasteiger partial charge in [0.25, 0.3) is 17.2 Å². The number of non-ortho nitro benzene ring substituents is 1. The highest BCUT2D eigenvalue weighted by atomic mass is 16.6. The molecule has 0 saturated heterocycles. The Morgan fingerprint density at radius 2 is 2.15 bits per heavy atom. The van der Waals surface area contributed by atoms with Crippen LogP contribution in [-0.2, 0) is 0 Å². The number of nitrogens with zero attached hydrogens (tertiary/aromatic N) is 4. The molecular formula is C17H13N5O5. The summed E-state index contributed by atoms with van der Waals surface area (Å²) in [5.41, 5.74) is 2.07. The molecule has 0 fully saturated rings. The number of fused-ring (bicyclic) bond motifs is 1. The Labute approximate surface area is 151 Å². The lowest BCUT2D eigenvalue weighted by Crippen LogP contribution is -2.22. The predicted molar refractivity (Wildman–Crippen MR) is 96.2 cm³/mol. The molecule has 3 aromatic rings. The van der Waals surface area contributed by atoms with Crippen LogP contribution in [0.2, 0.25) is 0 Å². The van der Waals surface area contributed by atoms with E-state index in [4.69, 9.17) is 4.74 Å². The largest absolute Gasteiger partial charge is 0.480 e. The Kier molecular flexibility index (Phi) is 4.88. The van der Waals surface area contributed by atoms with E-state index >= 15 is 0 Å². The van der Waals surface area contributed by atoms with Crippen molar-refractivity contribution in [2.45, 2.75) is 0 Å². The topological polar surface area (TPSA) is 128 Å². The van der Waals surface area contributed by atoms with Gasteiger partial charge in [0.15, 0.2) is 0 Å². The van der Waals surface area contributed by atoms with Crippen molar-refractivity contribution in [2.75, 3.05) is 7.11 Å². The van der Waals surface area contributed by atoms with Crippen LogP contribution in [-0.4, -0.2) is 33.5 Å². The monoisotopic (exact) mass is 367 g/mol. The van der Waals surface area contributed by atoms with E-state index in [0.29, 0.717) is 5.65 Å². The number of hydrazone groups is 1. The average Bonchev–Trinajstić information content (AvgIpc) is 2.69. The summed E-state index contributed by atoms with van der Waals surface area (Å²) in [6.07, 6.45) is 2.66. The molecule has 0 spiro atoms. The molecule has 10 heteroatoms. The summed E-state index contributed by atoms with van der Waals surface area (Å²) >= 11 is 0. The van der Waals surface area contributed by atoms with Crippen molar-refractivity contribution in [1.29, 1.82) is 0 Å². The SMILES string of the molecule is COc1nc2ccccn2c(=O)c1/C=N\NC(=O)c1cccc([N+](=O)[O-])c1. The van der Waals surface area contributed by atoms with E-state index in [1.165, 1.54) is 29.7 Å². The molecular weight excluding hydrogens is 354 g/mol. The maximum atomic E-state index is 12.5. The quantitative estimate of drug-likeness (QED) is 0.412. The van der Waals surface area contributed by atoms with Crippen molar-refractivity contribution < 1.29 is 14.5 Å². The van der Waals surface area contributed by atoms with Gasteiger partial charge in [0.2, 0.25) is 5.88 Å². The molecule has 1 N–H and O–H groups in total. The molecule has 0 unspecified atom stereocenters. The van der Waals surface area contributed by atoms with Gasteiger partial charge in [-0.05, 0) is 18.2 Å². The van der Waals surface area contributed by atoms with Crippen molar-refractivity contribution in [2.24, 2.45) is 5.10 Å². The first-order valence-corrected chi connectivity index (χ1v) is 7.64. The lowest BCUT2D eigenvalue weighted by atomic mass is 10.2. The smallest absolute Gasteiger partial charge is 0.271 e. The van der Waals surface area contributed by atoms with Gasteiger partial charge in [0.05, 0.1) is 18.2 Å². The Hall–Kier alpha value is -4.08. The molecule has 2 aromatic heterocycles. The number of hydrogen-bond donors (Lipinski definition) is 1. The first-order valence-electron chi connectivity index (χ1n) is 7.64. The molecule has 0 radical (unpaired) electrons. The van der Waals surface area contributed by atoms with Gasteiger partial charge in [-0.25, -0.2) is 5.43 Å². The van der Waals surface area contributed by atoms with Crippen LogP contribution in [0.1, 0.15) is 15.9 Å². The van der Waals surface area contributed by atoms with Crippen molar-refractivity contribution >= 4 is 23.5 Å². The molecule has 136 valence electrons. The second kappa shape index (κ2) is 7.44. The summed E-state index contributed by atoms with van der Waals surface area (Å²) in [5.74, 6) is -0.609. The molecule has 27 heavy (non-hydrogen) atoms. The van der Waals surface area contributed by atoms with E-state index in [0.717, 1.165) is 12.3 Å². The van der Waals surface area contributed by atoms with Crippen molar-refractivity contribution in [3.05, 3.63) is 80.3 Å². The molecule has 0 aliphatic rings. The fourth-order valence-corrected chi connectivity index (χ4v) is 2.33. The third-order valence-corrected chi connectivity index (χ3v) is 3.61. The molecule has 2 heterocycles. The number of nitrogens with one attached hydrogen (secondary N) is 1. The number of carbonyl (C=O) groups is 1. The molecule has 0 bridgehead atoms. The van der Waals surface area contributed by atoms with E-state index in [2.05, 4.69) is 15.5 Å². The minimum atomic E-state index is -0.664. The number of ether oxygens (including phenoxy) is 1. The van der Waals surface area contributed by atoms with Gasteiger partial charge in [0, 0.05) is 23.9 Å². The number of carbonyl (C=O) groups excluding carboxylic acids is 1. The number of rotatable bonds is 5. The number of amides is 1. The Morgan fingerprint density at radius 1 is 1.33 bits per heavy atom. The lowest BCUT2D eigenvalue weighted by molar-refractivity contribution is -0.384. The Bertz CT molecular complexity index is 1120. The molecule has 0 aliphatic heterocycles. The van der Waals surface area contributed by atoms with Gasteiger partial charge in [-0.2, -0.15) is 10.1 Å². The lowest BCUT2D eigenvalue weighted by Gasteiger charge is -2.06. The molecule has 3 rings (SSSR count). The normalized spacial score (nSPS) is 10.9. The summed E-state index contributed by atoms with van der Waals surface area (Å²) in [4.78, 5) is 39.0. The van der Waals surface area contributed by atoms with Crippen molar-refractivity contribution in [3.8, 4) is 5.88 Å². The van der Waals surface area contributed by atoms with Gasteiger partial charge in [-0.15, -0.1) is 0 Å². The highest BCUT2D eigenvalue weighted by Crippen LogP contribution is 2.13. The van der Waals surface area contributed by atoms with Crippen LogP contribution in [0.5, 0.6) is 5.88 Å². The molecule has 1 aromatic carbocycles. The van der Waals surface area contributed by atoms with Gasteiger partial charge in [-0.1, -0.05) is 12.1 Å². The van der Waals surface area contributed by atoms with E-state index < -0.39 is 16.4 Å². The highest BCUT2D eigenvalue weighted by Gasteiger charge is 2.13. The fourth-order valence-electron chi connectivity index (χ4n) is 2.33. The second-order valence-corrected chi connectivity index (χ2v) is 5.28. The number of nitro benzene ring substituents is 1. The van der Waals surface area contributed by atoms with Crippen molar-refractivity contribution in [1.82, 2.24) is 14.8 Å². The van der Waals surface area contributed by atoms with Gasteiger partial charge in [-0.3, -0.25) is 24.1 Å². The predicted octanol–water partition coefficient (Wildman–Crippen LogP) is 1.38. The third kappa shape index (κ3) is 3.63. The van der Waals surface area contributed by atoms with Crippen LogP contribution in [0.4, 0.5) is 5.69 Å². The van der Waals surface area contributed by atoms with E-state index in [1.54, 1.807) is 24.4 Å². The molecule has 10 nitrogen and oxygen atoms in total. The van der Waals surface area contributed by atoms with E-state index in [-0.39, 0.29) is 22.7 Å². The summed E-state index contributed by atoms with van der Waals surface area (Å²) in [5, 5.41) is 14.5. The van der Waals surface area contributed by atoms with Crippen molar-refractivity contribution in [3.63, 3.8) is 0 Å². The average molecular weight is 367 g/mol. The number of nitro groups is 1. The number of methoxy groups -OCH3 is 1. The summed E-state index contributed by atoms with van der Waals surface area (Å²) < 4.78 is 6.43. The number of pyridine rings is 1. The molecule has 1 amide bonds. The maximum Gasteiger partial charge on any atom is 0.271 e. The molecule has 0 saturated carbocycles. The Balaban J connectivity index is 1.87. The summed E-state index contributed by atoms with van der Waals surface area (Å²) in [7, 11) is 1.36. The molecule has 0 aliphatic carbocycles. The standard InChI is InChI=1S/C17H13N5O5/c1-27-16-13(17(24)21-8-3-2-7-14(21)19-16)10-18-20-15(23)11-5-4-6-12(9-11)22(25)26/h2-10H,1H3,(H,20,23)/b18-10-. The van der Waals surface area contributed by atoms with Gasteiger partial charge in [0.1, 0.15) is 11.2 Å². The third-order valence-electron chi connectivity index (χ3n) is 3.61. The van der Waals surface area contributed by atoms with Gasteiger partial charge < -0.3 is 4.74 Å². The van der Waals surface area contributed by atoms with E-state index in [9.17, 15) is 19.7 Å². The first kappa shape index (κ1) is 17.7. The number of hydrogen-bond acceptors (Lipinski definition) is 7. The summed E-state index contributed by atoms with van der Waals surface area (Å²) in [6.45, 7) is 0. The molecule has 0 atom stereocenters. The number of benzene rings is 1. The summed E-state index contributed by atoms with van der Waals surface area (Å²) in [6, 6.07) is 10.2. The highest BCUT2D eigenvalue weighted by molar-refractivity contribution is 5.95. The van der Waals surface area contributed by atoms with Crippen LogP contribution in [0, 0.1) is 10.1 Å². The zero-order valence-electron chi connectivity index (χ0n) is 14.0. The van der Waals surface area contributed by atoms with Crippen LogP contribution in [0.15, 0.2) is 58.6 Å². The zero-order chi connectivity index (χ0) is 19.4.